The second-order valence-electron chi connectivity index (χ2n) is 5.31. The second kappa shape index (κ2) is 8.31. The van der Waals surface area contributed by atoms with Crippen molar-refractivity contribution in [3.8, 4) is 6.07 Å². The highest BCUT2D eigenvalue weighted by Crippen LogP contribution is 2.18. The first kappa shape index (κ1) is 18.5. The number of benzene rings is 2. The van der Waals surface area contributed by atoms with E-state index in [9.17, 15) is 13.2 Å². The van der Waals surface area contributed by atoms with Gasteiger partial charge in [0.25, 0.3) is 10.0 Å². The minimum atomic E-state index is -3.81. The van der Waals surface area contributed by atoms with Gasteiger partial charge in [-0.1, -0.05) is 19.4 Å². The van der Waals surface area contributed by atoms with E-state index in [0.717, 1.165) is 12.8 Å². The van der Waals surface area contributed by atoms with Crippen LogP contribution in [0.4, 0.5) is 5.69 Å². The minimum absolute atomic E-state index is 0.00500. The molecule has 2 aromatic rings. The first-order valence-corrected chi connectivity index (χ1v) is 9.25. The molecule has 1 N–H and O–H groups in total. The SMILES string of the molecule is CCCCOC(=O)c1ccc(NS(=O)(=O)c2cccc(C#N)c2)cc1. The summed E-state index contributed by atoms with van der Waals surface area (Å²) in [5.41, 5.74) is 0.922. The fraction of sp³-hybridized carbons (Fsp3) is 0.222. The summed E-state index contributed by atoms with van der Waals surface area (Å²) in [5.74, 6) is -0.440. The van der Waals surface area contributed by atoms with Crippen molar-refractivity contribution < 1.29 is 17.9 Å². The van der Waals surface area contributed by atoms with E-state index in [-0.39, 0.29) is 10.5 Å². The van der Waals surface area contributed by atoms with Crippen molar-refractivity contribution in [3.63, 3.8) is 0 Å². The predicted octanol–water partition coefficient (Wildman–Crippen LogP) is 3.32. The Bertz CT molecular complexity index is 884. The Kier molecular flexibility index (Phi) is 6.14. The average molecular weight is 358 g/mol. The van der Waals surface area contributed by atoms with Gasteiger partial charge in [0.15, 0.2) is 0 Å². The van der Waals surface area contributed by atoms with Crippen LogP contribution >= 0.6 is 0 Å². The molecule has 0 radical (unpaired) electrons. The number of anilines is 1. The summed E-state index contributed by atoms with van der Waals surface area (Å²) in [6.07, 6.45) is 1.73. The van der Waals surface area contributed by atoms with Crippen molar-refractivity contribution in [1.82, 2.24) is 0 Å². The molecular weight excluding hydrogens is 340 g/mol. The molecule has 0 amide bonds. The van der Waals surface area contributed by atoms with Crippen LogP contribution in [0.2, 0.25) is 0 Å². The number of nitrogens with zero attached hydrogens (tertiary/aromatic N) is 1. The lowest BCUT2D eigenvalue weighted by molar-refractivity contribution is 0.0500. The fourth-order valence-corrected chi connectivity index (χ4v) is 3.12. The van der Waals surface area contributed by atoms with E-state index >= 15 is 0 Å². The van der Waals surface area contributed by atoms with Crippen molar-refractivity contribution in [2.24, 2.45) is 0 Å². The molecule has 7 heteroatoms. The summed E-state index contributed by atoms with van der Waals surface area (Å²) in [7, 11) is -3.81. The van der Waals surface area contributed by atoms with Crippen molar-refractivity contribution >= 4 is 21.7 Å². The molecule has 2 rings (SSSR count). The minimum Gasteiger partial charge on any atom is -0.462 e. The topological polar surface area (TPSA) is 96.3 Å². The number of sulfonamides is 1. The molecule has 130 valence electrons. The van der Waals surface area contributed by atoms with E-state index in [2.05, 4.69) is 4.72 Å². The lowest BCUT2D eigenvalue weighted by Crippen LogP contribution is -2.13. The third-order valence-corrected chi connectivity index (χ3v) is 4.76. The summed E-state index contributed by atoms with van der Waals surface area (Å²) in [4.78, 5) is 11.8. The van der Waals surface area contributed by atoms with Crippen LogP contribution in [-0.2, 0) is 14.8 Å². The number of nitriles is 1. The summed E-state index contributed by atoms with van der Waals surface area (Å²) in [6, 6.07) is 13.6. The molecule has 0 aliphatic carbocycles. The summed E-state index contributed by atoms with van der Waals surface area (Å²) in [5, 5.41) is 8.87. The number of nitrogens with one attached hydrogen (secondary N) is 1. The second-order valence-corrected chi connectivity index (χ2v) is 6.99. The quantitative estimate of drug-likeness (QED) is 0.605. The van der Waals surface area contributed by atoms with Gasteiger partial charge in [-0.3, -0.25) is 4.72 Å². The predicted molar refractivity (Wildman–Crippen MR) is 93.6 cm³/mol. The number of carbonyl (C=O) groups is 1. The zero-order valence-electron chi connectivity index (χ0n) is 13.7. The van der Waals surface area contributed by atoms with Crippen molar-refractivity contribution in [2.45, 2.75) is 24.7 Å². The number of ether oxygens (including phenoxy) is 1. The van der Waals surface area contributed by atoms with Gasteiger partial charge in [0.05, 0.1) is 28.7 Å². The monoisotopic (exact) mass is 358 g/mol. The number of rotatable bonds is 7. The highest BCUT2D eigenvalue weighted by atomic mass is 32.2. The van der Waals surface area contributed by atoms with Crippen LogP contribution in [-0.4, -0.2) is 21.0 Å². The maximum atomic E-state index is 12.4. The number of unbranched alkanes of at least 4 members (excludes halogenated alkanes) is 1. The molecule has 0 unspecified atom stereocenters. The third kappa shape index (κ3) is 5.06. The molecule has 0 spiro atoms. The molecule has 0 fully saturated rings. The van der Waals surface area contributed by atoms with Crippen LogP contribution in [0.15, 0.2) is 53.4 Å². The van der Waals surface area contributed by atoms with Gasteiger partial charge in [-0.05, 0) is 48.9 Å². The molecule has 0 saturated heterocycles. The molecule has 0 heterocycles. The third-order valence-electron chi connectivity index (χ3n) is 3.38. The van der Waals surface area contributed by atoms with Crippen LogP contribution in [0, 0.1) is 11.3 Å². The number of esters is 1. The zero-order chi connectivity index (χ0) is 18.3. The maximum Gasteiger partial charge on any atom is 0.338 e. The van der Waals surface area contributed by atoms with Crippen LogP contribution < -0.4 is 4.72 Å². The Balaban J connectivity index is 2.10. The van der Waals surface area contributed by atoms with Crippen LogP contribution in [0.5, 0.6) is 0 Å². The van der Waals surface area contributed by atoms with E-state index in [0.29, 0.717) is 17.9 Å². The molecule has 0 aliphatic heterocycles. The van der Waals surface area contributed by atoms with Gasteiger partial charge < -0.3 is 4.74 Å². The molecule has 0 bridgehead atoms. The lowest BCUT2D eigenvalue weighted by atomic mass is 10.2. The number of hydrogen-bond donors (Lipinski definition) is 1. The largest absolute Gasteiger partial charge is 0.462 e. The van der Waals surface area contributed by atoms with Gasteiger partial charge in [0, 0.05) is 5.69 Å². The van der Waals surface area contributed by atoms with Gasteiger partial charge in [-0.25, -0.2) is 13.2 Å². The van der Waals surface area contributed by atoms with Crippen LogP contribution in [0.25, 0.3) is 0 Å². The fourth-order valence-electron chi connectivity index (χ4n) is 2.01. The number of hydrogen-bond acceptors (Lipinski definition) is 5. The summed E-state index contributed by atoms with van der Waals surface area (Å²) in [6.45, 7) is 2.36. The van der Waals surface area contributed by atoms with Gasteiger partial charge in [0.2, 0.25) is 0 Å². The van der Waals surface area contributed by atoms with Gasteiger partial charge in [0.1, 0.15) is 0 Å². The molecule has 0 aliphatic rings. The Morgan fingerprint density at radius 2 is 1.92 bits per heavy atom. The summed E-state index contributed by atoms with van der Waals surface area (Å²) >= 11 is 0. The van der Waals surface area contributed by atoms with Crippen molar-refractivity contribution in [2.75, 3.05) is 11.3 Å². The van der Waals surface area contributed by atoms with E-state index in [4.69, 9.17) is 10.00 Å². The molecule has 0 atom stereocenters. The number of carbonyl (C=O) groups excluding carboxylic acids is 1. The Morgan fingerprint density at radius 3 is 2.56 bits per heavy atom. The Morgan fingerprint density at radius 1 is 1.20 bits per heavy atom. The standard InChI is InChI=1S/C18H18N2O4S/c1-2-3-11-24-18(21)15-7-9-16(10-8-15)20-25(22,23)17-6-4-5-14(12-17)13-19/h4-10,12,20H,2-3,11H2,1H3. The van der Waals surface area contributed by atoms with E-state index < -0.39 is 16.0 Å². The van der Waals surface area contributed by atoms with Gasteiger partial charge >= 0.3 is 5.97 Å². The average Bonchev–Trinajstić information content (AvgIpc) is 2.62. The molecule has 25 heavy (non-hydrogen) atoms. The molecule has 0 aromatic heterocycles. The van der Waals surface area contributed by atoms with E-state index in [1.54, 1.807) is 0 Å². The van der Waals surface area contributed by atoms with Crippen LogP contribution in [0.3, 0.4) is 0 Å². The first-order chi connectivity index (χ1) is 12.0. The first-order valence-electron chi connectivity index (χ1n) is 7.76. The summed E-state index contributed by atoms with van der Waals surface area (Å²) < 4.78 is 32.2. The molecule has 6 nitrogen and oxygen atoms in total. The highest BCUT2D eigenvalue weighted by Gasteiger charge is 2.15. The van der Waals surface area contributed by atoms with Crippen molar-refractivity contribution in [1.29, 1.82) is 5.26 Å². The van der Waals surface area contributed by atoms with Crippen molar-refractivity contribution in [3.05, 3.63) is 59.7 Å². The Labute approximate surface area is 147 Å². The van der Waals surface area contributed by atoms with Crippen LogP contribution in [0.1, 0.15) is 35.7 Å². The lowest BCUT2D eigenvalue weighted by Gasteiger charge is -2.09. The molecule has 2 aromatic carbocycles. The van der Waals surface area contributed by atoms with Gasteiger partial charge in [-0.15, -0.1) is 0 Å². The zero-order valence-corrected chi connectivity index (χ0v) is 14.5. The van der Waals surface area contributed by atoms with Gasteiger partial charge in [-0.2, -0.15) is 5.26 Å². The normalized spacial score (nSPS) is 10.7. The Hall–Kier alpha value is -2.85. The van der Waals surface area contributed by atoms with E-state index in [1.165, 1.54) is 48.5 Å². The smallest absolute Gasteiger partial charge is 0.338 e. The molecule has 0 saturated carbocycles. The highest BCUT2D eigenvalue weighted by molar-refractivity contribution is 7.92. The maximum absolute atomic E-state index is 12.4. The van der Waals surface area contributed by atoms with E-state index in [1.807, 2.05) is 13.0 Å². The molecular formula is C18H18N2O4S.